The Kier molecular flexibility index (Phi) is 4.46. The molecule has 1 atom stereocenters. The van der Waals surface area contributed by atoms with Gasteiger partial charge in [0.1, 0.15) is 5.69 Å². The molecule has 0 aliphatic carbocycles. The Morgan fingerprint density at radius 3 is 2.90 bits per heavy atom. The van der Waals surface area contributed by atoms with Gasteiger partial charge in [-0.05, 0) is 12.0 Å². The lowest BCUT2D eigenvalue weighted by Gasteiger charge is -2.18. The van der Waals surface area contributed by atoms with Crippen molar-refractivity contribution >= 4 is 39.8 Å². The molecular weight excluding hydrogens is 294 g/mol. The summed E-state index contributed by atoms with van der Waals surface area (Å²) in [4.78, 5) is 35.0. The van der Waals surface area contributed by atoms with E-state index in [1.165, 1.54) is 30.0 Å². The Balaban J connectivity index is 2.25. The van der Waals surface area contributed by atoms with Gasteiger partial charge in [0, 0.05) is 31.7 Å². The van der Waals surface area contributed by atoms with Crippen LogP contribution in [0.2, 0.25) is 0 Å². The number of carbonyl (C=O) groups excluding carboxylic acids is 2. The molecule has 1 fully saturated rings. The fourth-order valence-corrected chi connectivity index (χ4v) is 3.03. The number of rotatable bonds is 4. The number of nitrogen functional groups attached to an aromatic ring is 1. The number of thioether (sulfide) groups is 1. The third-order valence-corrected chi connectivity index (χ3v) is 4.28. The van der Waals surface area contributed by atoms with Crippen molar-refractivity contribution in [2.24, 2.45) is 5.92 Å². The highest BCUT2D eigenvalue weighted by molar-refractivity contribution is 8.13. The van der Waals surface area contributed by atoms with Gasteiger partial charge in [0.25, 0.3) is 5.69 Å². The number of anilines is 2. The van der Waals surface area contributed by atoms with E-state index in [0.717, 1.165) is 11.8 Å². The second-order valence-corrected chi connectivity index (χ2v) is 6.05. The van der Waals surface area contributed by atoms with E-state index in [1.54, 1.807) is 0 Å². The van der Waals surface area contributed by atoms with Crippen LogP contribution >= 0.6 is 11.8 Å². The van der Waals surface area contributed by atoms with Crippen molar-refractivity contribution in [1.82, 2.24) is 0 Å². The van der Waals surface area contributed by atoms with E-state index < -0.39 is 4.92 Å². The normalized spacial score (nSPS) is 18.0. The molecule has 0 spiro atoms. The van der Waals surface area contributed by atoms with E-state index >= 15 is 0 Å². The first-order valence-corrected chi connectivity index (χ1v) is 7.35. The summed E-state index contributed by atoms with van der Waals surface area (Å²) in [7, 11) is 0. The van der Waals surface area contributed by atoms with E-state index in [2.05, 4.69) is 0 Å². The maximum atomic E-state index is 12.1. The van der Waals surface area contributed by atoms with Crippen LogP contribution in [0, 0.1) is 16.0 Å². The number of carbonyl (C=O) groups is 2. The Morgan fingerprint density at radius 2 is 2.29 bits per heavy atom. The molecule has 0 bridgehead atoms. The van der Waals surface area contributed by atoms with Crippen molar-refractivity contribution in [2.45, 2.75) is 13.3 Å². The highest BCUT2D eigenvalue weighted by Crippen LogP contribution is 2.38. The summed E-state index contributed by atoms with van der Waals surface area (Å²) in [6.45, 7) is 1.81. The topological polar surface area (TPSA) is 107 Å². The fraction of sp³-hybridized carbons (Fsp3) is 0.385. The molecule has 1 heterocycles. The molecular formula is C13H15N3O4S. The monoisotopic (exact) mass is 309 g/mol. The second-order valence-electron chi connectivity index (χ2n) is 4.85. The molecule has 2 rings (SSSR count). The molecule has 1 aliphatic rings. The van der Waals surface area contributed by atoms with Crippen molar-refractivity contribution in [3.05, 3.63) is 28.3 Å². The number of hydrogen-bond donors (Lipinski definition) is 1. The Bertz CT molecular complexity index is 605. The molecule has 1 amide bonds. The maximum absolute atomic E-state index is 12.1. The second kappa shape index (κ2) is 6.13. The SMILES string of the molecule is CC(=O)SCC1CC(=O)N(c2c(N)cccc2[N+](=O)[O-])C1. The van der Waals surface area contributed by atoms with E-state index in [-0.39, 0.29) is 40.4 Å². The number of nitro groups is 1. The molecule has 21 heavy (non-hydrogen) atoms. The van der Waals surface area contributed by atoms with Gasteiger partial charge in [-0.15, -0.1) is 0 Å². The quantitative estimate of drug-likeness (QED) is 0.516. The van der Waals surface area contributed by atoms with E-state index in [1.807, 2.05) is 0 Å². The van der Waals surface area contributed by atoms with E-state index in [0.29, 0.717) is 12.3 Å². The minimum Gasteiger partial charge on any atom is -0.397 e. The van der Waals surface area contributed by atoms with Crippen LogP contribution in [0.3, 0.4) is 0 Å². The van der Waals surface area contributed by atoms with Gasteiger partial charge >= 0.3 is 0 Å². The minimum atomic E-state index is -0.545. The highest BCUT2D eigenvalue weighted by Gasteiger charge is 2.35. The zero-order valence-corrected chi connectivity index (χ0v) is 12.3. The van der Waals surface area contributed by atoms with Gasteiger partial charge in [-0.3, -0.25) is 19.7 Å². The molecule has 0 aromatic heterocycles. The molecule has 112 valence electrons. The summed E-state index contributed by atoms with van der Waals surface area (Å²) in [6, 6.07) is 4.35. The standard InChI is InChI=1S/C13H15N3O4S/c1-8(17)21-7-9-5-12(18)15(6-9)13-10(14)3-2-4-11(13)16(19)20/h2-4,9H,5-7,14H2,1H3. The Labute approximate surface area is 125 Å². The summed E-state index contributed by atoms with van der Waals surface area (Å²) in [6.07, 6.45) is 0.270. The van der Waals surface area contributed by atoms with Gasteiger partial charge in [0.15, 0.2) is 5.12 Å². The molecule has 1 unspecified atom stereocenters. The third kappa shape index (κ3) is 3.33. The molecule has 8 heteroatoms. The third-order valence-electron chi connectivity index (χ3n) is 3.24. The molecule has 1 aromatic carbocycles. The lowest BCUT2D eigenvalue weighted by molar-refractivity contribution is -0.384. The number of nitro benzene ring substituents is 1. The van der Waals surface area contributed by atoms with Gasteiger partial charge in [-0.2, -0.15) is 0 Å². The maximum Gasteiger partial charge on any atom is 0.295 e. The predicted molar refractivity (Wildman–Crippen MR) is 81.1 cm³/mol. The lowest BCUT2D eigenvalue weighted by Crippen LogP contribution is -2.26. The number of amides is 1. The molecule has 0 saturated carbocycles. The number of hydrogen-bond acceptors (Lipinski definition) is 6. The summed E-state index contributed by atoms with van der Waals surface area (Å²) in [5.74, 6) is 0.314. The van der Waals surface area contributed by atoms with Crippen LogP contribution in [-0.4, -0.2) is 28.2 Å². The summed E-state index contributed by atoms with van der Waals surface area (Å²) < 4.78 is 0. The number of para-hydroxylation sites is 1. The van der Waals surface area contributed by atoms with Crippen molar-refractivity contribution in [3.63, 3.8) is 0 Å². The summed E-state index contributed by atoms with van der Waals surface area (Å²) in [5, 5.41) is 11.1. The largest absolute Gasteiger partial charge is 0.397 e. The van der Waals surface area contributed by atoms with Crippen molar-refractivity contribution in [2.75, 3.05) is 22.9 Å². The smallest absolute Gasteiger partial charge is 0.295 e. The van der Waals surface area contributed by atoms with Crippen molar-refractivity contribution < 1.29 is 14.5 Å². The summed E-state index contributed by atoms with van der Waals surface area (Å²) >= 11 is 1.16. The molecule has 1 saturated heterocycles. The Hall–Kier alpha value is -2.09. The summed E-state index contributed by atoms with van der Waals surface area (Å²) in [5.41, 5.74) is 5.99. The predicted octanol–water partition coefficient (Wildman–Crippen LogP) is 1.81. The molecule has 1 aliphatic heterocycles. The van der Waals surface area contributed by atoms with Crippen molar-refractivity contribution in [1.29, 1.82) is 0 Å². The lowest BCUT2D eigenvalue weighted by atomic mass is 10.1. The van der Waals surface area contributed by atoms with Crippen LogP contribution in [0.15, 0.2) is 18.2 Å². The van der Waals surface area contributed by atoms with Crippen LogP contribution in [-0.2, 0) is 9.59 Å². The average Bonchev–Trinajstić information content (AvgIpc) is 2.77. The highest BCUT2D eigenvalue weighted by atomic mass is 32.2. The molecule has 1 aromatic rings. The van der Waals surface area contributed by atoms with Crippen molar-refractivity contribution in [3.8, 4) is 0 Å². The molecule has 2 N–H and O–H groups in total. The zero-order chi connectivity index (χ0) is 15.6. The first-order valence-electron chi connectivity index (χ1n) is 6.36. The van der Waals surface area contributed by atoms with Crippen LogP contribution in [0.4, 0.5) is 17.1 Å². The first-order chi connectivity index (χ1) is 9.90. The number of benzene rings is 1. The minimum absolute atomic E-state index is 0.00824. The Morgan fingerprint density at radius 1 is 1.57 bits per heavy atom. The van der Waals surface area contributed by atoms with Crippen LogP contribution in [0.5, 0.6) is 0 Å². The van der Waals surface area contributed by atoms with Crippen LogP contribution < -0.4 is 10.6 Å². The van der Waals surface area contributed by atoms with Crippen LogP contribution in [0.1, 0.15) is 13.3 Å². The van der Waals surface area contributed by atoms with Gasteiger partial charge in [0.05, 0.1) is 10.6 Å². The molecule has 7 nitrogen and oxygen atoms in total. The molecule has 0 radical (unpaired) electrons. The van der Waals surface area contributed by atoms with Gasteiger partial charge in [-0.1, -0.05) is 17.8 Å². The number of nitrogens with zero attached hydrogens (tertiary/aromatic N) is 2. The van der Waals surface area contributed by atoms with Gasteiger partial charge in [-0.25, -0.2) is 0 Å². The van der Waals surface area contributed by atoms with E-state index in [4.69, 9.17) is 5.73 Å². The number of nitrogens with two attached hydrogens (primary N) is 1. The average molecular weight is 309 g/mol. The van der Waals surface area contributed by atoms with Crippen LogP contribution in [0.25, 0.3) is 0 Å². The first kappa shape index (κ1) is 15.3. The van der Waals surface area contributed by atoms with Gasteiger partial charge < -0.3 is 10.6 Å². The van der Waals surface area contributed by atoms with E-state index in [9.17, 15) is 19.7 Å². The van der Waals surface area contributed by atoms with Gasteiger partial charge in [0.2, 0.25) is 5.91 Å². The zero-order valence-electron chi connectivity index (χ0n) is 11.4. The fourth-order valence-electron chi connectivity index (χ4n) is 2.33.